The lowest BCUT2D eigenvalue weighted by Crippen LogP contribution is -2.36. The molecule has 1 atom stereocenters. The molecule has 0 saturated carbocycles. The molecule has 20 heavy (non-hydrogen) atoms. The molecule has 3 rings (SSSR count). The van der Waals surface area contributed by atoms with E-state index in [1.165, 1.54) is 0 Å². The second kappa shape index (κ2) is 4.86. The van der Waals surface area contributed by atoms with E-state index in [0.29, 0.717) is 11.5 Å². The van der Waals surface area contributed by atoms with Crippen LogP contribution in [0.4, 0.5) is 5.82 Å². The van der Waals surface area contributed by atoms with Crippen molar-refractivity contribution in [1.82, 2.24) is 25.0 Å². The van der Waals surface area contributed by atoms with Crippen LogP contribution in [-0.4, -0.2) is 36.7 Å². The molecule has 0 aliphatic rings. The predicted molar refractivity (Wildman–Crippen MR) is 73.1 cm³/mol. The summed E-state index contributed by atoms with van der Waals surface area (Å²) in [7, 11) is 0. The smallest absolute Gasteiger partial charge is 0.199 e. The van der Waals surface area contributed by atoms with Crippen LogP contribution in [0.15, 0.2) is 42.7 Å². The number of hydrogen-bond donors (Lipinski definition) is 2. The minimum Gasteiger partial charge on any atom is -0.394 e. The zero-order valence-electron chi connectivity index (χ0n) is 10.9. The average Bonchev–Trinajstić information content (AvgIpc) is 2.98. The molecule has 0 fully saturated rings. The van der Waals surface area contributed by atoms with Gasteiger partial charge in [0.1, 0.15) is 0 Å². The summed E-state index contributed by atoms with van der Waals surface area (Å²) in [5, 5.41) is 24.4. The molecule has 0 aliphatic heterocycles. The molecule has 1 aromatic carbocycles. The number of anilines is 1. The largest absolute Gasteiger partial charge is 0.394 e. The van der Waals surface area contributed by atoms with Crippen molar-refractivity contribution in [3.05, 3.63) is 48.3 Å². The summed E-state index contributed by atoms with van der Waals surface area (Å²) in [6, 6.07) is 9.71. The molecule has 7 heteroatoms. The molecule has 0 radical (unpaired) electrons. The molecule has 0 amide bonds. The number of rotatable bonds is 4. The van der Waals surface area contributed by atoms with Gasteiger partial charge in [-0.05, 0) is 22.9 Å². The van der Waals surface area contributed by atoms with Gasteiger partial charge in [0, 0.05) is 0 Å². The molecule has 0 saturated heterocycles. The Hall–Kier alpha value is -2.54. The van der Waals surface area contributed by atoms with Gasteiger partial charge in [0.15, 0.2) is 11.5 Å². The van der Waals surface area contributed by atoms with Crippen molar-refractivity contribution in [3.8, 4) is 0 Å². The maximum absolute atomic E-state index is 9.78. The van der Waals surface area contributed by atoms with Gasteiger partial charge in [0.25, 0.3) is 0 Å². The highest BCUT2D eigenvalue weighted by Gasteiger charge is 2.26. The van der Waals surface area contributed by atoms with Gasteiger partial charge >= 0.3 is 0 Å². The number of aliphatic hydroxyl groups excluding tert-OH is 1. The summed E-state index contributed by atoms with van der Waals surface area (Å²) in [6.45, 7) is 1.83. The molecule has 2 heterocycles. The van der Waals surface area contributed by atoms with E-state index in [9.17, 15) is 5.11 Å². The van der Waals surface area contributed by atoms with Crippen LogP contribution in [0.5, 0.6) is 0 Å². The molecule has 3 aromatic rings. The van der Waals surface area contributed by atoms with E-state index >= 15 is 0 Å². The summed E-state index contributed by atoms with van der Waals surface area (Å²) < 4.78 is 1.55. The lowest BCUT2D eigenvalue weighted by molar-refractivity contribution is 0.223. The summed E-state index contributed by atoms with van der Waals surface area (Å²) in [6.07, 6.45) is 3.20. The first-order valence-corrected chi connectivity index (χ1v) is 6.20. The second-order valence-corrected chi connectivity index (χ2v) is 4.72. The number of aromatic nitrogens is 5. The molecule has 1 unspecified atom stereocenters. The Bertz CT molecular complexity index is 713. The molecule has 102 valence electrons. The Balaban J connectivity index is 2.01. The lowest BCUT2D eigenvalue weighted by atomic mass is 9.93. The van der Waals surface area contributed by atoms with Gasteiger partial charge in [-0.25, -0.2) is 0 Å². The number of aliphatic hydroxyl groups is 1. The first kappa shape index (κ1) is 12.5. The van der Waals surface area contributed by atoms with Crippen molar-refractivity contribution in [1.29, 1.82) is 0 Å². The third-order valence-electron chi connectivity index (χ3n) is 3.24. The minimum atomic E-state index is -0.650. The molecular weight excluding hydrogens is 256 g/mol. The molecule has 0 bridgehead atoms. The van der Waals surface area contributed by atoms with Crippen LogP contribution in [0.25, 0.3) is 5.65 Å². The highest BCUT2D eigenvalue weighted by Crippen LogP contribution is 2.25. The Morgan fingerprint density at radius 2 is 2.05 bits per heavy atom. The Kier molecular flexibility index (Phi) is 3.03. The van der Waals surface area contributed by atoms with Crippen LogP contribution < -0.4 is 5.32 Å². The van der Waals surface area contributed by atoms with Crippen molar-refractivity contribution >= 4 is 11.5 Å². The van der Waals surface area contributed by atoms with Crippen molar-refractivity contribution in [2.75, 3.05) is 11.9 Å². The topological polar surface area (TPSA) is 88.2 Å². The molecule has 2 aromatic heterocycles. The summed E-state index contributed by atoms with van der Waals surface area (Å²) in [5.41, 5.74) is 0.860. The van der Waals surface area contributed by atoms with E-state index in [-0.39, 0.29) is 6.61 Å². The first-order valence-electron chi connectivity index (χ1n) is 6.20. The van der Waals surface area contributed by atoms with Crippen molar-refractivity contribution in [2.45, 2.75) is 12.5 Å². The third-order valence-corrected chi connectivity index (χ3v) is 3.24. The molecule has 0 aliphatic carbocycles. The van der Waals surface area contributed by atoms with Crippen LogP contribution in [0.3, 0.4) is 0 Å². The van der Waals surface area contributed by atoms with E-state index in [4.69, 9.17) is 0 Å². The Morgan fingerprint density at radius 3 is 2.80 bits per heavy atom. The molecule has 7 nitrogen and oxygen atoms in total. The number of benzene rings is 1. The summed E-state index contributed by atoms with van der Waals surface area (Å²) in [4.78, 5) is 4.09. The SMILES string of the molecule is CC(CO)(Nc1cncc2nnnn12)c1ccccc1. The highest BCUT2D eigenvalue weighted by atomic mass is 16.3. The maximum Gasteiger partial charge on any atom is 0.199 e. The fourth-order valence-electron chi connectivity index (χ4n) is 2.05. The summed E-state index contributed by atoms with van der Waals surface area (Å²) >= 11 is 0. The van der Waals surface area contributed by atoms with E-state index in [2.05, 4.69) is 25.8 Å². The van der Waals surface area contributed by atoms with Crippen LogP contribution in [0, 0.1) is 0 Å². The quantitative estimate of drug-likeness (QED) is 0.730. The fourth-order valence-corrected chi connectivity index (χ4v) is 2.05. The number of fused-ring (bicyclic) bond motifs is 1. The van der Waals surface area contributed by atoms with Crippen molar-refractivity contribution in [2.24, 2.45) is 0 Å². The number of nitrogens with zero attached hydrogens (tertiary/aromatic N) is 5. The monoisotopic (exact) mass is 270 g/mol. The second-order valence-electron chi connectivity index (χ2n) is 4.72. The minimum absolute atomic E-state index is 0.0739. The summed E-state index contributed by atoms with van der Waals surface area (Å²) in [5.74, 6) is 0.618. The van der Waals surface area contributed by atoms with Crippen LogP contribution in [0.1, 0.15) is 12.5 Å². The third kappa shape index (κ3) is 2.08. The standard InChI is InChI=1S/C13H14N6O/c1-13(9-20,10-5-3-2-4-6-10)15-11-7-14-8-12-16-17-18-19(11)12/h2-8,15,20H,9H2,1H3. The lowest BCUT2D eigenvalue weighted by Gasteiger charge is -2.30. The van der Waals surface area contributed by atoms with Gasteiger partial charge in [0.2, 0.25) is 0 Å². The van der Waals surface area contributed by atoms with Gasteiger partial charge in [-0.15, -0.1) is 5.10 Å². The zero-order chi connectivity index (χ0) is 14.0. The van der Waals surface area contributed by atoms with Gasteiger partial charge in [-0.1, -0.05) is 30.3 Å². The normalized spacial score (nSPS) is 14.1. The fraction of sp³-hybridized carbons (Fsp3) is 0.231. The average molecular weight is 270 g/mol. The van der Waals surface area contributed by atoms with Gasteiger partial charge in [0.05, 0.1) is 24.5 Å². The number of tetrazole rings is 1. The zero-order valence-corrected chi connectivity index (χ0v) is 10.9. The van der Waals surface area contributed by atoms with E-state index in [1.807, 2.05) is 37.3 Å². The van der Waals surface area contributed by atoms with Crippen molar-refractivity contribution < 1.29 is 5.11 Å². The van der Waals surface area contributed by atoms with Crippen LogP contribution >= 0.6 is 0 Å². The first-order chi connectivity index (χ1) is 9.73. The van der Waals surface area contributed by atoms with Crippen LogP contribution in [-0.2, 0) is 5.54 Å². The molecular formula is C13H14N6O. The highest BCUT2D eigenvalue weighted by molar-refractivity contribution is 5.47. The molecule has 0 spiro atoms. The number of nitrogens with one attached hydrogen (secondary N) is 1. The Labute approximate surface area is 115 Å². The van der Waals surface area contributed by atoms with E-state index < -0.39 is 5.54 Å². The van der Waals surface area contributed by atoms with Crippen LogP contribution in [0.2, 0.25) is 0 Å². The van der Waals surface area contributed by atoms with E-state index in [1.54, 1.807) is 16.9 Å². The van der Waals surface area contributed by atoms with Gasteiger partial charge in [-0.3, -0.25) is 4.98 Å². The molecule has 2 N–H and O–H groups in total. The van der Waals surface area contributed by atoms with Gasteiger partial charge < -0.3 is 10.4 Å². The Morgan fingerprint density at radius 1 is 1.25 bits per heavy atom. The van der Waals surface area contributed by atoms with E-state index in [0.717, 1.165) is 5.56 Å². The van der Waals surface area contributed by atoms with Gasteiger partial charge in [-0.2, -0.15) is 4.52 Å². The number of hydrogen-bond acceptors (Lipinski definition) is 6. The predicted octanol–water partition coefficient (Wildman–Crippen LogP) is 0.839. The maximum atomic E-state index is 9.78. The van der Waals surface area contributed by atoms with Crippen molar-refractivity contribution in [3.63, 3.8) is 0 Å².